The van der Waals surface area contributed by atoms with Gasteiger partial charge in [-0.15, -0.1) is 0 Å². The molecule has 0 fully saturated rings. The second-order valence-electron chi connectivity index (χ2n) is 4.67. The van der Waals surface area contributed by atoms with Crippen molar-refractivity contribution in [3.05, 3.63) is 0 Å². The van der Waals surface area contributed by atoms with E-state index in [0.29, 0.717) is 6.42 Å². The minimum Gasteiger partial charge on any atom is -0.462 e. The molecular weight excluding hydrogens is 359 g/mol. The Labute approximate surface area is 136 Å². The molecule has 0 aliphatic carbocycles. The number of amides is 1. The van der Waals surface area contributed by atoms with Gasteiger partial charge >= 0.3 is 27.5 Å². The largest absolute Gasteiger partial charge is 0.516 e. The number of esters is 2. The Hall–Kier alpha value is -1.85. The lowest BCUT2D eigenvalue weighted by Crippen LogP contribution is -2.40. The van der Waals surface area contributed by atoms with E-state index in [1.807, 2.05) is 0 Å². The molecule has 0 spiro atoms. The van der Waals surface area contributed by atoms with E-state index in [1.165, 1.54) is 0 Å². The smallest absolute Gasteiger partial charge is 0.462 e. The van der Waals surface area contributed by atoms with Gasteiger partial charge in [-0.1, -0.05) is 13.8 Å². The van der Waals surface area contributed by atoms with Crippen LogP contribution < -0.4 is 4.72 Å². The third-order valence-corrected chi connectivity index (χ3v) is 3.82. The van der Waals surface area contributed by atoms with Gasteiger partial charge in [0, 0.05) is 6.42 Å². The second-order valence-corrected chi connectivity index (χ2v) is 6.35. The van der Waals surface area contributed by atoms with Crippen molar-refractivity contribution in [3.8, 4) is 0 Å². The van der Waals surface area contributed by atoms with Gasteiger partial charge < -0.3 is 9.47 Å². The first-order valence-electron chi connectivity index (χ1n) is 6.84. The Morgan fingerprint density at radius 2 is 1.62 bits per heavy atom. The third-order valence-electron chi connectivity index (χ3n) is 2.71. The lowest BCUT2D eigenvalue weighted by Gasteiger charge is -2.10. The van der Waals surface area contributed by atoms with Gasteiger partial charge in [-0.3, -0.25) is 14.4 Å². The van der Waals surface area contributed by atoms with Crippen molar-refractivity contribution >= 4 is 27.9 Å². The number of hydrogen-bond acceptors (Lipinski definition) is 7. The first kappa shape index (κ1) is 22.1. The zero-order valence-corrected chi connectivity index (χ0v) is 13.8. The summed E-state index contributed by atoms with van der Waals surface area (Å²) in [5, 5.41) is 0. The molecule has 8 nitrogen and oxygen atoms in total. The maximum absolute atomic E-state index is 12.0. The molecule has 0 saturated carbocycles. The summed E-state index contributed by atoms with van der Waals surface area (Å²) in [6.45, 7) is 2.95. The highest BCUT2D eigenvalue weighted by Crippen LogP contribution is 2.21. The van der Waals surface area contributed by atoms with Gasteiger partial charge in [-0.2, -0.15) is 21.6 Å². The van der Waals surface area contributed by atoms with Crippen LogP contribution in [0.25, 0.3) is 0 Å². The van der Waals surface area contributed by atoms with Gasteiger partial charge in [0.1, 0.15) is 13.2 Å². The minimum absolute atomic E-state index is 0.205. The molecule has 0 aliphatic heterocycles. The van der Waals surface area contributed by atoms with Crippen molar-refractivity contribution in [2.45, 2.75) is 38.6 Å². The molecule has 0 aromatic heterocycles. The number of sulfonamides is 1. The highest BCUT2D eigenvalue weighted by molar-refractivity contribution is 7.90. The highest BCUT2D eigenvalue weighted by Gasteiger charge is 2.46. The number of hydrogen-bond donors (Lipinski definition) is 1. The Morgan fingerprint density at radius 3 is 2.12 bits per heavy atom. The molecule has 0 saturated heterocycles. The second kappa shape index (κ2) is 9.45. The fraction of sp³-hybridized carbons (Fsp3) is 0.750. The first-order valence-corrected chi connectivity index (χ1v) is 8.33. The van der Waals surface area contributed by atoms with Crippen molar-refractivity contribution < 1.29 is 45.4 Å². The summed E-state index contributed by atoms with van der Waals surface area (Å²) in [6.07, 6.45) is -0.853. The van der Waals surface area contributed by atoms with Crippen LogP contribution in [0.3, 0.4) is 0 Å². The molecule has 0 aliphatic rings. The van der Waals surface area contributed by atoms with Gasteiger partial charge in [0.15, 0.2) is 0 Å². The van der Waals surface area contributed by atoms with Crippen LogP contribution >= 0.6 is 0 Å². The van der Waals surface area contributed by atoms with Crippen molar-refractivity contribution in [3.63, 3.8) is 0 Å². The lowest BCUT2D eigenvalue weighted by atomic mass is 10.1. The normalized spacial score (nSPS) is 13.0. The van der Waals surface area contributed by atoms with Crippen molar-refractivity contribution in [2.24, 2.45) is 5.92 Å². The maximum Gasteiger partial charge on any atom is 0.516 e. The number of carbonyl (C=O) groups is 3. The van der Waals surface area contributed by atoms with Crippen LogP contribution in [0.4, 0.5) is 13.2 Å². The van der Waals surface area contributed by atoms with Gasteiger partial charge in [0.05, 0.1) is 12.3 Å². The molecule has 0 aromatic rings. The van der Waals surface area contributed by atoms with Gasteiger partial charge in [-0.05, 0) is 6.42 Å². The van der Waals surface area contributed by atoms with E-state index in [0.717, 1.165) is 4.72 Å². The lowest BCUT2D eigenvalue weighted by molar-refractivity contribution is -0.155. The van der Waals surface area contributed by atoms with Crippen molar-refractivity contribution in [2.75, 3.05) is 13.2 Å². The number of carbonyl (C=O) groups excluding carboxylic acids is 3. The van der Waals surface area contributed by atoms with E-state index in [4.69, 9.17) is 4.74 Å². The summed E-state index contributed by atoms with van der Waals surface area (Å²) in [5.74, 6) is -3.22. The quantitative estimate of drug-likeness (QED) is 0.468. The summed E-state index contributed by atoms with van der Waals surface area (Å²) < 4.78 is 67.5. The highest BCUT2D eigenvalue weighted by atomic mass is 32.2. The van der Waals surface area contributed by atoms with Crippen LogP contribution in [0.15, 0.2) is 0 Å². The van der Waals surface area contributed by atoms with E-state index in [-0.39, 0.29) is 19.1 Å². The van der Waals surface area contributed by atoms with Gasteiger partial charge in [0.25, 0.3) is 0 Å². The molecule has 1 N–H and O–H groups in total. The first-order chi connectivity index (χ1) is 10.9. The molecule has 0 rings (SSSR count). The summed E-state index contributed by atoms with van der Waals surface area (Å²) >= 11 is 0. The zero-order chi connectivity index (χ0) is 19.0. The SMILES string of the molecule is CCC(C)C(=O)OCCOC(=O)CCC(=O)NS(=O)(=O)C(F)(F)F. The number of rotatable bonds is 9. The molecule has 0 bridgehead atoms. The molecule has 0 radical (unpaired) electrons. The fourth-order valence-corrected chi connectivity index (χ4v) is 1.67. The van der Waals surface area contributed by atoms with Crippen LogP contribution in [0.5, 0.6) is 0 Å². The van der Waals surface area contributed by atoms with Crippen LogP contribution in [0, 0.1) is 5.92 Å². The molecule has 0 heterocycles. The van der Waals surface area contributed by atoms with E-state index >= 15 is 0 Å². The summed E-state index contributed by atoms with van der Waals surface area (Å²) in [6, 6.07) is 0. The van der Waals surface area contributed by atoms with E-state index in [1.54, 1.807) is 13.8 Å². The van der Waals surface area contributed by atoms with Crippen LogP contribution in [-0.2, 0) is 33.9 Å². The number of ether oxygens (including phenoxy) is 2. The molecule has 0 aromatic carbocycles. The predicted molar refractivity (Wildman–Crippen MR) is 73.7 cm³/mol. The maximum atomic E-state index is 12.0. The van der Waals surface area contributed by atoms with Gasteiger partial charge in [0.2, 0.25) is 5.91 Å². The number of nitrogens with one attached hydrogen (secondary N) is 1. The van der Waals surface area contributed by atoms with Crippen LogP contribution in [-0.4, -0.2) is 45.0 Å². The van der Waals surface area contributed by atoms with E-state index in [9.17, 15) is 36.0 Å². The summed E-state index contributed by atoms with van der Waals surface area (Å²) in [7, 11) is -5.80. The van der Waals surface area contributed by atoms with Gasteiger partial charge in [-0.25, -0.2) is 4.72 Å². The molecule has 140 valence electrons. The number of halogens is 3. The average molecular weight is 377 g/mol. The minimum atomic E-state index is -5.80. The Morgan fingerprint density at radius 1 is 1.08 bits per heavy atom. The Bertz CT molecular complexity index is 559. The molecule has 1 amide bonds. The average Bonchev–Trinajstić information content (AvgIpc) is 2.46. The monoisotopic (exact) mass is 377 g/mol. The topological polar surface area (TPSA) is 116 Å². The van der Waals surface area contributed by atoms with Crippen LogP contribution in [0.2, 0.25) is 0 Å². The standard InChI is InChI=1S/C12H18F3NO7S/c1-3-8(2)11(19)23-7-6-22-10(18)5-4-9(17)16-24(20,21)12(13,14)15/h8H,3-7H2,1-2H3,(H,16,17). The van der Waals surface area contributed by atoms with E-state index < -0.39 is 46.2 Å². The van der Waals surface area contributed by atoms with Crippen molar-refractivity contribution in [1.29, 1.82) is 0 Å². The molecule has 1 unspecified atom stereocenters. The van der Waals surface area contributed by atoms with E-state index in [2.05, 4.69) is 4.74 Å². The predicted octanol–water partition coefficient (Wildman–Crippen LogP) is 0.865. The molecule has 1 atom stereocenters. The van der Waals surface area contributed by atoms with Crippen LogP contribution in [0.1, 0.15) is 33.1 Å². The zero-order valence-electron chi connectivity index (χ0n) is 13.0. The fourth-order valence-electron chi connectivity index (χ4n) is 1.15. The summed E-state index contributed by atoms with van der Waals surface area (Å²) in [4.78, 5) is 33.6. The number of alkyl halides is 3. The Balaban J connectivity index is 4.03. The molecule has 24 heavy (non-hydrogen) atoms. The van der Waals surface area contributed by atoms with Crippen molar-refractivity contribution in [1.82, 2.24) is 4.72 Å². The molecular formula is C12H18F3NO7S. The third kappa shape index (κ3) is 8.13. The summed E-state index contributed by atoms with van der Waals surface area (Å²) in [5.41, 5.74) is -5.62. The Kier molecular flexibility index (Phi) is 8.72. The molecule has 12 heteroatoms.